The van der Waals surface area contributed by atoms with Crippen LogP contribution in [0, 0.1) is 0 Å². The zero-order chi connectivity index (χ0) is 14.7. The topological polar surface area (TPSA) is 29.1 Å². The summed E-state index contributed by atoms with van der Waals surface area (Å²) >= 11 is 1.60. The molecular weight excluding hydrogens is 278 g/mol. The van der Waals surface area contributed by atoms with Gasteiger partial charge in [-0.05, 0) is 17.2 Å². The van der Waals surface area contributed by atoms with E-state index in [9.17, 15) is 4.79 Å². The number of benzene rings is 2. The van der Waals surface area contributed by atoms with Crippen LogP contribution < -0.4 is 5.32 Å². The number of carbonyl (C=O) groups is 1. The van der Waals surface area contributed by atoms with Crippen molar-refractivity contribution < 1.29 is 4.79 Å². The summed E-state index contributed by atoms with van der Waals surface area (Å²) in [5.41, 5.74) is 3.47. The lowest BCUT2D eigenvalue weighted by atomic mass is 10.0. The molecule has 104 valence electrons. The summed E-state index contributed by atoms with van der Waals surface area (Å²) in [6, 6.07) is 22.5. The molecule has 2 nitrogen and oxygen atoms in total. The fourth-order valence-electron chi connectivity index (χ4n) is 2.26. The first-order valence-electron chi connectivity index (χ1n) is 6.76. The zero-order valence-electron chi connectivity index (χ0n) is 11.7. The van der Waals surface area contributed by atoms with Gasteiger partial charge in [0.1, 0.15) is 0 Å². The molecule has 0 aliphatic heterocycles. The highest BCUT2D eigenvalue weighted by Gasteiger charge is 2.13. The van der Waals surface area contributed by atoms with Crippen LogP contribution in [0.1, 0.15) is 6.92 Å². The van der Waals surface area contributed by atoms with E-state index in [0.717, 1.165) is 21.7 Å². The third kappa shape index (κ3) is 3.03. The van der Waals surface area contributed by atoms with Crippen LogP contribution >= 0.6 is 11.3 Å². The van der Waals surface area contributed by atoms with Crippen LogP contribution in [0.5, 0.6) is 0 Å². The molecule has 1 N–H and O–H groups in total. The van der Waals surface area contributed by atoms with E-state index < -0.39 is 0 Å². The second kappa shape index (κ2) is 5.94. The van der Waals surface area contributed by atoms with Gasteiger partial charge in [-0.15, -0.1) is 11.3 Å². The summed E-state index contributed by atoms with van der Waals surface area (Å²) in [6.07, 6.45) is 0. The van der Waals surface area contributed by atoms with Crippen molar-refractivity contribution in [3.63, 3.8) is 0 Å². The molecule has 1 aromatic heterocycles. The van der Waals surface area contributed by atoms with Crippen molar-refractivity contribution in [3.05, 3.63) is 66.7 Å². The molecule has 0 bridgehead atoms. The van der Waals surface area contributed by atoms with E-state index in [0.29, 0.717) is 0 Å². The number of anilines is 1. The molecule has 2 aromatic carbocycles. The Bertz CT molecular complexity index is 690. The van der Waals surface area contributed by atoms with Crippen molar-refractivity contribution in [2.45, 2.75) is 6.92 Å². The third-order valence-electron chi connectivity index (χ3n) is 3.15. The maximum absolute atomic E-state index is 11.3. The number of rotatable bonds is 3. The van der Waals surface area contributed by atoms with Gasteiger partial charge < -0.3 is 5.32 Å². The van der Waals surface area contributed by atoms with E-state index in [2.05, 4.69) is 29.6 Å². The van der Waals surface area contributed by atoms with Crippen molar-refractivity contribution in [3.8, 4) is 21.6 Å². The van der Waals surface area contributed by atoms with Gasteiger partial charge in [0.15, 0.2) is 0 Å². The van der Waals surface area contributed by atoms with Crippen LogP contribution in [-0.4, -0.2) is 5.91 Å². The van der Waals surface area contributed by atoms with Gasteiger partial charge in [0.25, 0.3) is 0 Å². The van der Waals surface area contributed by atoms with E-state index in [1.54, 1.807) is 11.3 Å². The van der Waals surface area contributed by atoms with E-state index in [1.165, 1.54) is 11.8 Å². The molecule has 0 radical (unpaired) electrons. The Kier molecular flexibility index (Phi) is 3.84. The lowest BCUT2D eigenvalue weighted by molar-refractivity contribution is -0.114. The second-order valence-electron chi connectivity index (χ2n) is 4.77. The lowest BCUT2D eigenvalue weighted by Crippen LogP contribution is -2.03. The molecule has 3 aromatic rings. The highest BCUT2D eigenvalue weighted by molar-refractivity contribution is 7.20. The van der Waals surface area contributed by atoms with Crippen molar-refractivity contribution in [2.75, 3.05) is 5.32 Å². The maximum Gasteiger partial charge on any atom is 0.221 e. The largest absolute Gasteiger partial charge is 0.318 e. The number of carbonyl (C=O) groups excluding carboxylic acids is 1. The molecule has 1 heterocycles. The molecule has 0 aliphatic rings. The Morgan fingerprint density at radius 3 is 2.05 bits per heavy atom. The maximum atomic E-state index is 11.3. The first-order chi connectivity index (χ1) is 10.2. The fraction of sp³-hybridized carbons (Fsp3) is 0.0556. The molecule has 1 amide bonds. The van der Waals surface area contributed by atoms with Crippen LogP contribution in [0.2, 0.25) is 0 Å². The number of hydrogen-bond acceptors (Lipinski definition) is 2. The predicted octanol–water partition coefficient (Wildman–Crippen LogP) is 5.04. The summed E-state index contributed by atoms with van der Waals surface area (Å²) in [6.45, 7) is 1.53. The summed E-state index contributed by atoms with van der Waals surface area (Å²) in [5, 5.41) is 3.76. The zero-order valence-corrected chi connectivity index (χ0v) is 12.5. The molecule has 0 unspecified atom stereocenters. The minimum absolute atomic E-state index is 0.0459. The van der Waals surface area contributed by atoms with Crippen molar-refractivity contribution in [2.24, 2.45) is 0 Å². The van der Waals surface area contributed by atoms with Gasteiger partial charge in [-0.25, -0.2) is 0 Å². The average molecular weight is 293 g/mol. The summed E-state index contributed by atoms with van der Waals surface area (Å²) in [5.74, 6) is -0.0459. The summed E-state index contributed by atoms with van der Waals surface area (Å²) in [4.78, 5) is 12.5. The molecule has 3 rings (SSSR count). The smallest absolute Gasteiger partial charge is 0.221 e. The Morgan fingerprint density at radius 2 is 1.48 bits per heavy atom. The molecule has 21 heavy (non-hydrogen) atoms. The second-order valence-corrected chi connectivity index (χ2v) is 5.82. The minimum Gasteiger partial charge on any atom is -0.318 e. The molecule has 0 aliphatic carbocycles. The highest BCUT2D eigenvalue weighted by atomic mass is 32.1. The van der Waals surface area contributed by atoms with Crippen LogP contribution in [-0.2, 0) is 4.79 Å². The van der Waals surface area contributed by atoms with Crippen molar-refractivity contribution in [1.82, 2.24) is 0 Å². The van der Waals surface area contributed by atoms with E-state index in [-0.39, 0.29) is 5.91 Å². The van der Waals surface area contributed by atoms with Crippen molar-refractivity contribution >= 4 is 22.2 Å². The lowest BCUT2D eigenvalue weighted by Gasteiger charge is -2.03. The van der Waals surface area contributed by atoms with E-state index >= 15 is 0 Å². The van der Waals surface area contributed by atoms with Gasteiger partial charge in [0.05, 0.1) is 5.00 Å². The Morgan fingerprint density at radius 1 is 0.905 bits per heavy atom. The Balaban J connectivity index is 2.13. The van der Waals surface area contributed by atoms with Gasteiger partial charge in [0.2, 0.25) is 5.91 Å². The van der Waals surface area contributed by atoms with Gasteiger partial charge in [-0.1, -0.05) is 60.7 Å². The molecule has 0 atom stereocenters. The van der Waals surface area contributed by atoms with E-state index in [1.807, 2.05) is 42.5 Å². The minimum atomic E-state index is -0.0459. The van der Waals surface area contributed by atoms with Crippen LogP contribution in [0.25, 0.3) is 21.6 Å². The van der Waals surface area contributed by atoms with Gasteiger partial charge >= 0.3 is 0 Å². The number of thiophene rings is 1. The van der Waals surface area contributed by atoms with E-state index in [4.69, 9.17) is 0 Å². The number of hydrogen-bond donors (Lipinski definition) is 1. The third-order valence-corrected chi connectivity index (χ3v) is 4.25. The van der Waals surface area contributed by atoms with Crippen LogP contribution in [0.15, 0.2) is 66.7 Å². The average Bonchev–Trinajstić information content (AvgIpc) is 2.92. The molecule has 0 saturated heterocycles. The quantitative estimate of drug-likeness (QED) is 0.720. The summed E-state index contributed by atoms with van der Waals surface area (Å²) in [7, 11) is 0. The molecule has 0 spiro atoms. The van der Waals surface area contributed by atoms with Gasteiger partial charge in [-0.3, -0.25) is 4.79 Å². The highest BCUT2D eigenvalue weighted by Crippen LogP contribution is 2.41. The number of nitrogens with one attached hydrogen (secondary N) is 1. The molecular formula is C18H15NOS. The van der Waals surface area contributed by atoms with Gasteiger partial charge in [0, 0.05) is 17.4 Å². The normalized spacial score (nSPS) is 10.3. The first-order valence-corrected chi connectivity index (χ1v) is 7.58. The van der Waals surface area contributed by atoms with Crippen LogP contribution in [0.4, 0.5) is 5.00 Å². The standard InChI is InChI=1S/C18H15NOS/c1-13(20)19-17-12-16(14-8-4-2-5-9-14)18(21-17)15-10-6-3-7-11-15/h2-12H,1H3,(H,19,20). The SMILES string of the molecule is CC(=O)Nc1cc(-c2ccccc2)c(-c2ccccc2)s1. The molecule has 0 saturated carbocycles. The fourth-order valence-corrected chi connectivity index (χ4v) is 3.39. The summed E-state index contributed by atoms with van der Waals surface area (Å²) < 4.78 is 0. The van der Waals surface area contributed by atoms with Crippen LogP contribution in [0.3, 0.4) is 0 Å². The Labute approximate surface area is 128 Å². The predicted molar refractivity (Wildman–Crippen MR) is 89.5 cm³/mol. The van der Waals surface area contributed by atoms with Crippen molar-refractivity contribution in [1.29, 1.82) is 0 Å². The first kappa shape index (κ1) is 13.6. The molecule has 3 heteroatoms. The molecule has 0 fully saturated rings. The van der Waals surface area contributed by atoms with Gasteiger partial charge in [-0.2, -0.15) is 0 Å². The Hall–Kier alpha value is -2.39. The number of amides is 1. The monoisotopic (exact) mass is 293 g/mol.